The van der Waals surface area contributed by atoms with Crippen molar-refractivity contribution in [1.82, 2.24) is 4.90 Å². The number of carbonyl (C=O) groups is 1. The lowest BCUT2D eigenvalue weighted by Gasteiger charge is -2.25. The molecule has 96 valence electrons. The Kier molecular flexibility index (Phi) is 4.59. The molecule has 1 aliphatic rings. The van der Waals surface area contributed by atoms with E-state index in [1.807, 2.05) is 17.0 Å². The van der Waals surface area contributed by atoms with Gasteiger partial charge < -0.3 is 4.90 Å². The molecule has 0 bridgehead atoms. The second-order valence-electron chi connectivity index (χ2n) is 4.74. The predicted molar refractivity (Wildman–Crippen MR) is 78.3 cm³/mol. The maximum atomic E-state index is 12.0. The van der Waals surface area contributed by atoms with E-state index in [4.69, 9.17) is 0 Å². The first-order valence-electron chi connectivity index (χ1n) is 6.40. The molecule has 0 aliphatic carbocycles. The predicted octanol–water partition coefficient (Wildman–Crippen LogP) is 3.78. The van der Waals surface area contributed by atoms with Crippen molar-refractivity contribution in [2.75, 3.05) is 13.1 Å². The van der Waals surface area contributed by atoms with Crippen molar-refractivity contribution in [3.05, 3.63) is 39.9 Å². The number of amides is 1. The Bertz CT molecular complexity index is 462. The van der Waals surface area contributed by atoms with Crippen molar-refractivity contribution in [3.63, 3.8) is 0 Å². The first-order chi connectivity index (χ1) is 8.66. The van der Waals surface area contributed by atoms with Gasteiger partial charge in [0.2, 0.25) is 5.91 Å². The molecule has 0 unspecified atom stereocenters. The van der Waals surface area contributed by atoms with Crippen LogP contribution < -0.4 is 0 Å². The standard InChI is InChI=1S/C15H18BrNO/c1-12-5-6-13(14(16)11-12)7-8-15(18)17-9-3-2-4-10-17/h5-8,11H,2-4,9-10H2,1H3/b8-7-. The molecular weight excluding hydrogens is 290 g/mol. The summed E-state index contributed by atoms with van der Waals surface area (Å²) in [5.41, 5.74) is 2.26. The van der Waals surface area contributed by atoms with Crippen molar-refractivity contribution in [2.45, 2.75) is 26.2 Å². The van der Waals surface area contributed by atoms with Crippen molar-refractivity contribution in [2.24, 2.45) is 0 Å². The molecule has 3 heteroatoms. The highest BCUT2D eigenvalue weighted by Crippen LogP contribution is 2.20. The van der Waals surface area contributed by atoms with Crippen LogP contribution in [0.3, 0.4) is 0 Å². The van der Waals surface area contributed by atoms with Crippen LogP contribution in [0.25, 0.3) is 6.08 Å². The largest absolute Gasteiger partial charge is 0.339 e. The van der Waals surface area contributed by atoms with Gasteiger partial charge in [0.05, 0.1) is 0 Å². The van der Waals surface area contributed by atoms with Crippen LogP contribution in [0.5, 0.6) is 0 Å². The van der Waals surface area contributed by atoms with E-state index in [0.717, 1.165) is 36.0 Å². The van der Waals surface area contributed by atoms with Crippen LogP contribution in [0.15, 0.2) is 28.7 Å². The quantitative estimate of drug-likeness (QED) is 0.761. The van der Waals surface area contributed by atoms with Crippen molar-refractivity contribution < 1.29 is 4.79 Å². The van der Waals surface area contributed by atoms with Gasteiger partial charge in [0.25, 0.3) is 0 Å². The van der Waals surface area contributed by atoms with Crippen LogP contribution in [0, 0.1) is 6.92 Å². The fraction of sp³-hybridized carbons (Fsp3) is 0.400. The van der Waals surface area contributed by atoms with Gasteiger partial charge in [-0.2, -0.15) is 0 Å². The van der Waals surface area contributed by atoms with Crippen LogP contribution in [0.1, 0.15) is 30.4 Å². The van der Waals surface area contributed by atoms with Crippen molar-refractivity contribution >= 4 is 27.9 Å². The SMILES string of the molecule is Cc1ccc(/C=C\C(=O)N2CCCCC2)c(Br)c1. The van der Waals surface area contributed by atoms with Crippen LogP contribution in [0.4, 0.5) is 0 Å². The fourth-order valence-corrected chi connectivity index (χ4v) is 2.77. The molecule has 1 amide bonds. The van der Waals surface area contributed by atoms with E-state index in [2.05, 4.69) is 35.0 Å². The molecule has 0 radical (unpaired) electrons. The minimum atomic E-state index is 0.127. The lowest BCUT2D eigenvalue weighted by Crippen LogP contribution is -2.34. The molecule has 1 saturated heterocycles. The molecule has 0 aromatic heterocycles. The zero-order valence-corrected chi connectivity index (χ0v) is 12.2. The minimum absolute atomic E-state index is 0.127. The van der Waals surface area contributed by atoms with Crippen LogP contribution in [-0.2, 0) is 4.79 Å². The molecule has 0 atom stereocenters. The van der Waals surface area contributed by atoms with Gasteiger partial charge in [-0.3, -0.25) is 4.79 Å². The molecular formula is C15H18BrNO. The number of benzene rings is 1. The number of halogens is 1. The van der Waals surface area contributed by atoms with Crippen LogP contribution in [0.2, 0.25) is 0 Å². The second kappa shape index (κ2) is 6.19. The molecule has 0 saturated carbocycles. The maximum Gasteiger partial charge on any atom is 0.246 e. The number of rotatable bonds is 2. The Balaban J connectivity index is 2.03. The summed E-state index contributed by atoms with van der Waals surface area (Å²) in [5.74, 6) is 0.127. The number of piperidine rings is 1. The molecule has 2 rings (SSSR count). The monoisotopic (exact) mass is 307 g/mol. The number of likely N-dealkylation sites (tertiary alicyclic amines) is 1. The first kappa shape index (κ1) is 13.3. The van der Waals surface area contributed by atoms with E-state index < -0.39 is 0 Å². The lowest BCUT2D eigenvalue weighted by molar-refractivity contribution is -0.126. The summed E-state index contributed by atoms with van der Waals surface area (Å²) in [6, 6.07) is 6.14. The van der Waals surface area contributed by atoms with Crippen LogP contribution in [-0.4, -0.2) is 23.9 Å². The number of hydrogen-bond donors (Lipinski definition) is 0. The maximum absolute atomic E-state index is 12.0. The van der Waals surface area contributed by atoms with E-state index in [1.165, 1.54) is 12.0 Å². The lowest BCUT2D eigenvalue weighted by atomic mass is 10.1. The number of aryl methyl sites for hydroxylation is 1. The third kappa shape index (κ3) is 3.45. The fourth-order valence-electron chi connectivity index (χ4n) is 2.15. The first-order valence-corrected chi connectivity index (χ1v) is 7.19. The molecule has 0 N–H and O–H groups in total. The van der Waals surface area contributed by atoms with E-state index in [1.54, 1.807) is 6.08 Å². The second-order valence-corrected chi connectivity index (χ2v) is 5.60. The van der Waals surface area contributed by atoms with Crippen molar-refractivity contribution in [1.29, 1.82) is 0 Å². The van der Waals surface area contributed by atoms with Gasteiger partial charge in [-0.1, -0.05) is 28.1 Å². The summed E-state index contributed by atoms with van der Waals surface area (Å²) in [7, 11) is 0. The highest BCUT2D eigenvalue weighted by molar-refractivity contribution is 9.10. The summed E-state index contributed by atoms with van der Waals surface area (Å²) in [4.78, 5) is 13.9. The van der Waals surface area contributed by atoms with E-state index in [9.17, 15) is 4.79 Å². The average Bonchev–Trinajstić information content (AvgIpc) is 2.38. The topological polar surface area (TPSA) is 20.3 Å². The Hall–Kier alpha value is -1.09. The summed E-state index contributed by atoms with van der Waals surface area (Å²) >= 11 is 3.52. The molecule has 0 spiro atoms. The normalized spacial score (nSPS) is 16.2. The Morgan fingerprint density at radius 1 is 1.28 bits per heavy atom. The highest BCUT2D eigenvalue weighted by Gasteiger charge is 2.13. The zero-order chi connectivity index (χ0) is 13.0. The third-order valence-electron chi connectivity index (χ3n) is 3.23. The molecule has 2 nitrogen and oxygen atoms in total. The molecule has 1 aliphatic heterocycles. The molecule has 18 heavy (non-hydrogen) atoms. The number of nitrogens with zero attached hydrogens (tertiary/aromatic N) is 1. The number of hydrogen-bond acceptors (Lipinski definition) is 1. The summed E-state index contributed by atoms with van der Waals surface area (Å²) < 4.78 is 1.03. The average molecular weight is 308 g/mol. The zero-order valence-electron chi connectivity index (χ0n) is 10.7. The van der Waals surface area contributed by atoms with Gasteiger partial charge in [0.15, 0.2) is 0 Å². The Morgan fingerprint density at radius 2 is 2.00 bits per heavy atom. The molecule has 1 aromatic carbocycles. The number of carbonyl (C=O) groups excluding carboxylic acids is 1. The van der Waals surface area contributed by atoms with Gasteiger partial charge in [0.1, 0.15) is 0 Å². The Labute approximate surface area is 117 Å². The van der Waals surface area contributed by atoms with E-state index >= 15 is 0 Å². The molecule has 1 aromatic rings. The molecule has 1 heterocycles. The van der Waals surface area contributed by atoms with Gasteiger partial charge in [-0.15, -0.1) is 0 Å². The smallest absolute Gasteiger partial charge is 0.246 e. The third-order valence-corrected chi connectivity index (χ3v) is 3.92. The Morgan fingerprint density at radius 3 is 2.67 bits per heavy atom. The van der Waals surface area contributed by atoms with Gasteiger partial charge in [0, 0.05) is 23.6 Å². The molecule has 1 fully saturated rings. The van der Waals surface area contributed by atoms with Crippen LogP contribution >= 0.6 is 15.9 Å². The van der Waals surface area contributed by atoms with E-state index in [0.29, 0.717) is 0 Å². The van der Waals surface area contributed by atoms with Gasteiger partial charge >= 0.3 is 0 Å². The van der Waals surface area contributed by atoms with Crippen molar-refractivity contribution in [3.8, 4) is 0 Å². The minimum Gasteiger partial charge on any atom is -0.339 e. The van der Waals surface area contributed by atoms with Gasteiger partial charge in [-0.05, 0) is 49.5 Å². The van der Waals surface area contributed by atoms with Gasteiger partial charge in [-0.25, -0.2) is 0 Å². The summed E-state index contributed by atoms with van der Waals surface area (Å²) in [5, 5.41) is 0. The summed E-state index contributed by atoms with van der Waals surface area (Å²) in [6.07, 6.45) is 7.08. The highest BCUT2D eigenvalue weighted by atomic mass is 79.9. The summed E-state index contributed by atoms with van der Waals surface area (Å²) in [6.45, 7) is 3.85. The van der Waals surface area contributed by atoms with E-state index in [-0.39, 0.29) is 5.91 Å².